The molecule has 108 valence electrons. The molecule has 0 aliphatic carbocycles. The first-order valence-electron chi connectivity index (χ1n) is 6.00. The number of amides is 1. The second-order valence-corrected chi connectivity index (χ2v) is 7.14. The number of nitro benzene ring substituents is 1. The van der Waals surface area contributed by atoms with E-state index in [0.717, 1.165) is 17.3 Å². The van der Waals surface area contributed by atoms with Crippen molar-refractivity contribution in [2.75, 3.05) is 23.8 Å². The minimum atomic E-state index is -0.623. The molecule has 1 aromatic carbocycles. The summed E-state index contributed by atoms with van der Waals surface area (Å²) in [6.07, 6.45) is 0. The van der Waals surface area contributed by atoms with Crippen molar-refractivity contribution < 1.29 is 9.72 Å². The SMILES string of the molecule is O=C(NCC1CSCCS1)c1cccc(Cl)c1[N+](=O)[O-]. The molecule has 1 atom stereocenters. The molecule has 0 radical (unpaired) electrons. The minimum Gasteiger partial charge on any atom is -0.351 e. The Labute approximate surface area is 130 Å². The van der Waals surface area contributed by atoms with Crippen LogP contribution in [-0.4, -0.2) is 39.9 Å². The number of halogens is 1. The maximum Gasteiger partial charge on any atom is 0.300 e. The third kappa shape index (κ3) is 3.80. The Hall–Kier alpha value is -0.920. The Balaban J connectivity index is 2.05. The number of nitro groups is 1. The molecular weight excluding hydrogens is 320 g/mol. The quantitative estimate of drug-likeness (QED) is 0.678. The van der Waals surface area contributed by atoms with Crippen LogP contribution in [0.2, 0.25) is 5.02 Å². The fourth-order valence-corrected chi connectivity index (χ4v) is 4.70. The van der Waals surface area contributed by atoms with Crippen molar-refractivity contribution in [3.8, 4) is 0 Å². The number of benzene rings is 1. The van der Waals surface area contributed by atoms with Crippen LogP contribution >= 0.6 is 35.1 Å². The van der Waals surface area contributed by atoms with Gasteiger partial charge in [0.25, 0.3) is 5.91 Å². The van der Waals surface area contributed by atoms with Crippen molar-refractivity contribution in [2.24, 2.45) is 0 Å². The summed E-state index contributed by atoms with van der Waals surface area (Å²) in [6.45, 7) is 0.514. The number of nitrogens with zero attached hydrogens (tertiary/aromatic N) is 1. The van der Waals surface area contributed by atoms with Crippen molar-refractivity contribution in [3.63, 3.8) is 0 Å². The van der Waals surface area contributed by atoms with Gasteiger partial charge in [-0.05, 0) is 12.1 Å². The van der Waals surface area contributed by atoms with E-state index in [1.807, 2.05) is 23.5 Å². The molecule has 0 aromatic heterocycles. The highest BCUT2D eigenvalue weighted by atomic mass is 35.5. The number of hydrogen-bond donors (Lipinski definition) is 1. The molecule has 0 bridgehead atoms. The van der Waals surface area contributed by atoms with Crippen molar-refractivity contribution in [1.29, 1.82) is 0 Å². The van der Waals surface area contributed by atoms with Crippen molar-refractivity contribution in [2.45, 2.75) is 5.25 Å². The molecule has 1 saturated heterocycles. The van der Waals surface area contributed by atoms with E-state index in [4.69, 9.17) is 11.6 Å². The monoisotopic (exact) mass is 332 g/mol. The number of carbonyl (C=O) groups is 1. The summed E-state index contributed by atoms with van der Waals surface area (Å²) < 4.78 is 0. The van der Waals surface area contributed by atoms with E-state index < -0.39 is 10.8 Å². The van der Waals surface area contributed by atoms with Gasteiger partial charge in [0.2, 0.25) is 0 Å². The van der Waals surface area contributed by atoms with E-state index in [0.29, 0.717) is 11.8 Å². The smallest absolute Gasteiger partial charge is 0.300 e. The molecule has 1 aliphatic heterocycles. The van der Waals surface area contributed by atoms with E-state index >= 15 is 0 Å². The largest absolute Gasteiger partial charge is 0.351 e. The van der Waals surface area contributed by atoms with Gasteiger partial charge in [0.15, 0.2) is 0 Å². The van der Waals surface area contributed by atoms with E-state index in [9.17, 15) is 14.9 Å². The normalized spacial score (nSPS) is 18.6. The van der Waals surface area contributed by atoms with Gasteiger partial charge in [-0.25, -0.2) is 0 Å². The van der Waals surface area contributed by atoms with Crippen LogP contribution in [0, 0.1) is 10.1 Å². The lowest BCUT2D eigenvalue weighted by Crippen LogP contribution is -2.33. The zero-order valence-corrected chi connectivity index (χ0v) is 12.9. The molecule has 1 unspecified atom stereocenters. The predicted octanol–water partition coefficient (Wildman–Crippen LogP) is 2.83. The highest BCUT2D eigenvalue weighted by Gasteiger charge is 2.24. The number of hydrogen-bond acceptors (Lipinski definition) is 5. The maximum absolute atomic E-state index is 12.1. The summed E-state index contributed by atoms with van der Waals surface area (Å²) in [5.41, 5.74) is -0.326. The lowest BCUT2D eigenvalue weighted by molar-refractivity contribution is -0.385. The van der Waals surface area contributed by atoms with Crippen LogP contribution in [0.5, 0.6) is 0 Å². The third-order valence-corrected chi connectivity index (χ3v) is 5.94. The minimum absolute atomic E-state index is 0.0102. The molecule has 2 rings (SSSR count). The number of carbonyl (C=O) groups excluding carboxylic acids is 1. The van der Waals surface area contributed by atoms with E-state index in [2.05, 4.69) is 5.32 Å². The Morgan fingerprint density at radius 3 is 2.95 bits per heavy atom. The number of para-hydroxylation sites is 1. The van der Waals surface area contributed by atoms with E-state index in [1.165, 1.54) is 18.2 Å². The van der Waals surface area contributed by atoms with Gasteiger partial charge in [0.05, 0.1) is 4.92 Å². The van der Waals surface area contributed by atoms with Crippen LogP contribution in [0.3, 0.4) is 0 Å². The van der Waals surface area contributed by atoms with Crippen LogP contribution in [0.1, 0.15) is 10.4 Å². The molecule has 0 saturated carbocycles. The van der Waals surface area contributed by atoms with Crippen LogP contribution in [0.4, 0.5) is 5.69 Å². The molecule has 1 fully saturated rings. The van der Waals surface area contributed by atoms with Crippen molar-refractivity contribution >= 4 is 46.7 Å². The average molecular weight is 333 g/mol. The molecule has 1 aliphatic rings. The molecule has 20 heavy (non-hydrogen) atoms. The summed E-state index contributed by atoms with van der Waals surface area (Å²) in [5.74, 6) is 2.75. The number of rotatable bonds is 4. The predicted molar refractivity (Wildman–Crippen MR) is 84.0 cm³/mol. The summed E-state index contributed by atoms with van der Waals surface area (Å²) in [6, 6.07) is 4.36. The summed E-state index contributed by atoms with van der Waals surface area (Å²) >= 11 is 9.47. The van der Waals surface area contributed by atoms with E-state index in [-0.39, 0.29) is 16.3 Å². The maximum atomic E-state index is 12.1. The Kier molecular flexibility index (Phi) is 5.56. The van der Waals surface area contributed by atoms with Crippen LogP contribution in [0.25, 0.3) is 0 Å². The van der Waals surface area contributed by atoms with Crippen LogP contribution in [0.15, 0.2) is 18.2 Å². The molecule has 5 nitrogen and oxygen atoms in total. The van der Waals surface area contributed by atoms with Gasteiger partial charge in [-0.1, -0.05) is 17.7 Å². The molecule has 1 heterocycles. The second kappa shape index (κ2) is 7.19. The van der Waals surface area contributed by atoms with Gasteiger partial charge in [-0.2, -0.15) is 23.5 Å². The topological polar surface area (TPSA) is 72.2 Å². The average Bonchev–Trinajstić information content (AvgIpc) is 2.45. The number of thioether (sulfide) groups is 2. The lowest BCUT2D eigenvalue weighted by Gasteiger charge is -2.21. The van der Waals surface area contributed by atoms with Gasteiger partial charge in [-0.15, -0.1) is 0 Å². The first-order chi connectivity index (χ1) is 9.59. The Morgan fingerprint density at radius 1 is 1.50 bits per heavy atom. The first kappa shape index (κ1) is 15.5. The zero-order valence-electron chi connectivity index (χ0n) is 10.5. The summed E-state index contributed by atoms with van der Waals surface area (Å²) in [7, 11) is 0. The molecule has 1 aromatic rings. The molecule has 8 heteroatoms. The second-order valence-electron chi connectivity index (χ2n) is 4.17. The van der Waals surface area contributed by atoms with E-state index in [1.54, 1.807) is 0 Å². The molecule has 1 amide bonds. The zero-order chi connectivity index (χ0) is 14.5. The fourth-order valence-electron chi connectivity index (χ4n) is 1.84. The molecular formula is C12H13ClN2O3S2. The van der Waals surface area contributed by atoms with Gasteiger partial charge < -0.3 is 5.32 Å². The van der Waals surface area contributed by atoms with Crippen molar-refractivity contribution in [1.82, 2.24) is 5.32 Å². The van der Waals surface area contributed by atoms with Crippen LogP contribution < -0.4 is 5.32 Å². The fraction of sp³-hybridized carbons (Fsp3) is 0.417. The third-order valence-electron chi connectivity index (χ3n) is 2.79. The lowest BCUT2D eigenvalue weighted by atomic mass is 10.1. The van der Waals surface area contributed by atoms with Gasteiger partial charge >= 0.3 is 5.69 Å². The number of nitrogens with one attached hydrogen (secondary N) is 1. The Morgan fingerprint density at radius 2 is 2.30 bits per heavy atom. The standard InChI is InChI=1S/C12H13ClN2O3S2/c13-10-3-1-2-9(11(10)15(17)18)12(16)14-6-8-7-19-4-5-20-8/h1-3,8H,4-7H2,(H,14,16). The van der Waals surface area contributed by atoms with Crippen LogP contribution in [-0.2, 0) is 0 Å². The first-order valence-corrected chi connectivity index (χ1v) is 8.58. The molecule has 1 N–H and O–H groups in total. The van der Waals surface area contributed by atoms with Gasteiger partial charge in [0, 0.05) is 29.1 Å². The van der Waals surface area contributed by atoms with Gasteiger partial charge in [-0.3, -0.25) is 14.9 Å². The Bertz CT molecular complexity index is 521. The molecule has 0 spiro atoms. The van der Waals surface area contributed by atoms with Gasteiger partial charge in [0.1, 0.15) is 10.6 Å². The summed E-state index contributed by atoms with van der Waals surface area (Å²) in [4.78, 5) is 22.4. The summed E-state index contributed by atoms with van der Waals surface area (Å²) in [5, 5.41) is 14.1. The highest BCUT2D eigenvalue weighted by molar-refractivity contribution is 8.06. The van der Waals surface area contributed by atoms with Crippen molar-refractivity contribution in [3.05, 3.63) is 38.9 Å². The highest BCUT2D eigenvalue weighted by Crippen LogP contribution is 2.28.